The van der Waals surface area contributed by atoms with Crippen molar-refractivity contribution in [2.75, 3.05) is 12.3 Å². The summed E-state index contributed by atoms with van der Waals surface area (Å²) in [5, 5.41) is 1.01. The predicted molar refractivity (Wildman–Crippen MR) is 73.9 cm³/mol. The van der Waals surface area contributed by atoms with E-state index in [1.54, 1.807) is 0 Å². The Balaban J connectivity index is 1.74. The third-order valence-electron chi connectivity index (χ3n) is 3.42. The Bertz CT molecular complexity index is 586. The second-order valence-corrected chi connectivity index (χ2v) is 5.89. The molecule has 18 heavy (non-hydrogen) atoms. The predicted octanol–water partition coefficient (Wildman–Crippen LogP) is 3.44. The molecule has 3 nitrogen and oxygen atoms in total. The lowest BCUT2D eigenvalue weighted by Crippen LogP contribution is -2.19. The van der Waals surface area contributed by atoms with Crippen LogP contribution in [0.15, 0.2) is 24.3 Å². The first kappa shape index (κ1) is 11.5. The van der Waals surface area contributed by atoms with Crippen LogP contribution < -0.4 is 5.73 Å². The largest absolute Gasteiger partial charge is 0.461 e. The van der Waals surface area contributed by atoms with Crippen LogP contribution in [0.1, 0.15) is 28.9 Å². The van der Waals surface area contributed by atoms with E-state index < -0.39 is 0 Å². The smallest absolute Gasteiger partial charge is 0.348 e. The summed E-state index contributed by atoms with van der Waals surface area (Å²) >= 11 is 1.46. The molecule has 4 heteroatoms. The van der Waals surface area contributed by atoms with Gasteiger partial charge in [-0.2, -0.15) is 0 Å². The maximum atomic E-state index is 11.9. The third-order valence-corrected chi connectivity index (χ3v) is 4.51. The first-order valence-corrected chi connectivity index (χ1v) is 7.00. The molecule has 1 aliphatic carbocycles. The Labute approximate surface area is 110 Å². The maximum absolute atomic E-state index is 11.9. The van der Waals surface area contributed by atoms with E-state index in [9.17, 15) is 4.79 Å². The number of fused-ring (bicyclic) bond motifs is 1. The zero-order valence-corrected chi connectivity index (χ0v) is 10.8. The normalized spacial score (nSPS) is 15.6. The SMILES string of the molecule is Nc1ccc2sc(C(=O)OCC3CCC3)cc2c1. The van der Waals surface area contributed by atoms with Crippen LogP contribution in [0.5, 0.6) is 0 Å². The van der Waals surface area contributed by atoms with Gasteiger partial charge in [-0.3, -0.25) is 0 Å². The van der Waals surface area contributed by atoms with Crippen molar-refractivity contribution in [1.29, 1.82) is 0 Å². The van der Waals surface area contributed by atoms with Crippen molar-refractivity contribution in [2.45, 2.75) is 19.3 Å². The number of thiophene rings is 1. The summed E-state index contributed by atoms with van der Waals surface area (Å²) < 4.78 is 6.40. The van der Waals surface area contributed by atoms with Crippen LogP contribution in [0.4, 0.5) is 5.69 Å². The van der Waals surface area contributed by atoms with E-state index >= 15 is 0 Å². The van der Waals surface area contributed by atoms with Crippen LogP contribution >= 0.6 is 11.3 Å². The van der Waals surface area contributed by atoms with Crippen molar-refractivity contribution >= 4 is 33.1 Å². The Morgan fingerprint density at radius 3 is 2.94 bits per heavy atom. The summed E-state index contributed by atoms with van der Waals surface area (Å²) in [7, 11) is 0. The number of ether oxygens (including phenoxy) is 1. The Morgan fingerprint density at radius 1 is 1.39 bits per heavy atom. The van der Waals surface area contributed by atoms with Crippen LogP contribution in [0.2, 0.25) is 0 Å². The Morgan fingerprint density at radius 2 is 2.22 bits per heavy atom. The van der Waals surface area contributed by atoms with Gasteiger partial charge in [0.25, 0.3) is 0 Å². The molecule has 1 heterocycles. The van der Waals surface area contributed by atoms with E-state index in [4.69, 9.17) is 10.5 Å². The van der Waals surface area contributed by atoms with Crippen molar-refractivity contribution in [3.8, 4) is 0 Å². The molecule has 0 spiro atoms. The van der Waals surface area contributed by atoms with Gasteiger partial charge in [0.2, 0.25) is 0 Å². The lowest BCUT2D eigenvalue weighted by molar-refractivity contribution is 0.0377. The lowest BCUT2D eigenvalue weighted by atomic mass is 9.86. The highest BCUT2D eigenvalue weighted by molar-refractivity contribution is 7.20. The second kappa shape index (κ2) is 4.61. The molecule has 3 rings (SSSR count). The molecule has 0 radical (unpaired) electrons. The van der Waals surface area contributed by atoms with Gasteiger partial charge in [0.05, 0.1) is 6.61 Å². The van der Waals surface area contributed by atoms with Gasteiger partial charge in [0.15, 0.2) is 0 Å². The fourth-order valence-electron chi connectivity index (χ4n) is 2.09. The zero-order valence-electron chi connectivity index (χ0n) is 10.0. The molecule has 2 N–H and O–H groups in total. The zero-order chi connectivity index (χ0) is 12.5. The molecular formula is C14H15NO2S. The summed E-state index contributed by atoms with van der Waals surface area (Å²) in [6.45, 7) is 0.565. The molecule has 0 atom stereocenters. The molecule has 0 bridgehead atoms. The maximum Gasteiger partial charge on any atom is 0.348 e. The van der Waals surface area contributed by atoms with Gasteiger partial charge in [0.1, 0.15) is 4.88 Å². The van der Waals surface area contributed by atoms with Crippen molar-refractivity contribution in [1.82, 2.24) is 0 Å². The summed E-state index contributed by atoms with van der Waals surface area (Å²) in [4.78, 5) is 12.6. The second-order valence-electron chi connectivity index (χ2n) is 4.80. The molecule has 1 aromatic carbocycles. The number of carbonyl (C=O) groups is 1. The number of nitrogens with two attached hydrogens (primary N) is 1. The minimum Gasteiger partial charge on any atom is -0.461 e. The van der Waals surface area contributed by atoms with Crippen LogP contribution in [-0.4, -0.2) is 12.6 Å². The van der Waals surface area contributed by atoms with Gasteiger partial charge < -0.3 is 10.5 Å². The van der Waals surface area contributed by atoms with E-state index in [0.29, 0.717) is 17.4 Å². The Kier molecular flexibility index (Phi) is 2.96. The van der Waals surface area contributed by atoms with Crippen molar-refractivity contribution in [3.63, 3.8) is 0 Å². The molecule has 1 aliphatic rings. The van der Waals surface area contributed by atoms with Crippen LogP contribution in [0.3, 0.4) is 0 Å². The molecule has 0 saturated heterocycles. The molecule has 94 valence electrons. The molecule has 1 aromatic heterocycles. The molecular weight excluding hydrogens is 246 g/mol. The van der Waals surface area contributed by atoms with E-state index in [0.717, 1.165) is 15.8 Å². The van der Waals surface area contributed by atoms with Crippen molar-refractivity contribution in [3.05, 3.63) is 29.1 Å². The summed E-state index contributed by atoms with van der Waals surface area (Å²) in [6, 6.07) is 7.54. The standard InChI is InChI=1S/C14H15NO2S/c15-11-4-5-12-10(6-11)7-13(18-12)14(16)17-8-9-2-1-3-9/h4-7,9H,1-3,8,15H2. The van der Waals surface area contributed by atoms with Gasteiger partial charge in [-0.1, -0.05) is 6.42 Å². The third kappa shape index (κ3) is 2.20. The van der Waals surface area contributed by atoms with Crippen LogP contribution in [0, 0.1) is 5.92 Å². The summed E-state index contributed by atoms with van der Waals surface area (Å²) in [5.74, 6) is 0.376. The lowest BCUT2D eigenvalue weighted by Gasteiger charge is -2.24. The number of benzene rings is 1. The van der Waals surface area contributed by atoms with E-state index in [1.807, 2.05) is 24.3 Å². The fourth-order valence-corrected chi connectivity index (χ4v) is 3.02. The van der Waals surface area contributed by atoms with Crippen LogP contribution in [-0.2, 0) is 4.74 Å². The quantitative estimate of drug-likeness (QED) is 0.680. The van der Waals surface area contributed by atoms with Crippen molar-refractivity contribution in [2.24, 2.45) is 5.92 Å². The summed E-state index contributed by atoms with van der Waals surface area (Å²) in [6.07, 6.45) is 3.65. The highest BCUT2D eigenvalue weighted by Crippen LogP contribution is 2.29. The van der Waals surface area contributed by atoms with Gasteiger partial charge in [-0.15, -0.1) is 11.3 Å². The number of rotatable bonds is 3. The van der Waals surface area contributed by atoms with E-state index in [2.05, 4.69) is 0 Å². The topological polar surface area (TPSA) is 52.3 Å². The van der Waals surface area contributed by atoms with Crippen molar-refractivity contribution < 1.29 is 9.53 Å². The van der Waals surface area contributed by atoms with Gasteiger partial charge >= 0.3 is 5.97 Å². The highest BCUT2D eigenvalue weighted by Gasteiger charge is 2.20. The minimum atomic E-state index is -0.207. The number of esters is 1. The van der Waals surface area contributed by atoms with Gasteiger partial charge in [-0.05, 0) is 48.4 Å². The van der Waals surface area contributed by atoms with E-state index in [-0.39, 0.29) is 5.97 Å². The molecule has 1 fully saturated rings. The Hall–Kier alpha value is -1.55. The van der Waals surface area contributed by atoms with Gasteiger partial charge in [-0.25, -0.2) is 4.79 Å². The number of nitrogen functional groups attached to an aromatic ring is 1. The molecule has 2 aromatic rings. The molecule has 0 unspecified atom stereocenters. The first-order valence-electron chi connectivity index (χ1n) is 6.18. The highest BCUT2D eigenvalue weighted by atomic mass is 32.1. The molecule has 1 saturated carbocycles. The van der Waals surface area contributed by atoms with E-state index in [1.165, 1.54) is 30.6 Å². The van der Waals surface area contributed by atoms with Gasteiger partial charge in [0, 0.05) is 10.4 Å². The number of hydrogen-bond donors (Lipinski definition) is 1. The average molecular weight is 261 g/mol. The summed E-state index contributed by atoms with van der Waals surface area (Å²) in [5.41, 5.74) is 6.44. The number of anilines is 1. The molecule has 0 amide bonds. The minimum absolute atomic E-state index is 0.207. The first-order chi connectivity index (χ1) is 8.72. The van der Waals surface area contributed by atoms with Crippen LogP contribution in [0.25, 0.3) is 10.1 Å². The number of carbonyl (C=O) groups excluding carboxylic acids is 1. The fraction of sp³-hybridized carbons (Fsp3) is 0.357. The average Bonchev–Trinajstić information content (AvgIpc) is 2.69. The molecule has 0 aliphatic heterocycles. The monoisotopic (exact) mass is 261 g/mol. The number of hydrogen-bond acceptors (Lipinski definition) is 4.